The highest BCUT2D eigenvalue weighted by atomic mass is 35.5. The summed E-state index contributed by atoms with van der Waals surface area (Å²) in [5.41, 5.74) is 5.45. The molecule has 0 fully saturated rings. The Bertz CT molecular complexity index is 1370. The first-order chi connectivity index (χ1) is 18.1. The van der Waals surface area contributed by atoms with E-state index < -0.39 is 5.41 Å². The van der Waals surface area contributed by atoms with E-state index in [0.29, 0.717) is 22.2 Å². The van der Waals surface area contributed by atoms with Crippen molar-refractivity contribution in [3.63, 3.8) is 0 Å². The lowest BCUT2D eigenvalue weighted by Crippen LogP contribution is -2.31. The Kier molecular flexibility index (Phi) is 7.41. The van der Waals surface area contributed by atoms with Crippen LogP contribution in [0.3, 0.4) is 0 Å². The van der Waals surface area contributed by atoms with Crippen LogP contribution in [-0.2, 0) is 12.0 Å². The lowest BCUT2D eigenvalue weighted by Gasteiger charge is -2.37. The fourth-order valence-corrected chi connectivity index (χ4v) is 5.49. The minimum atomic E-state index is -0.503. The van der Waals surface area contributed by atoms with Crippen LogP contribution in [0.2, 0.25) is 10.0 Å². The van der Waals surface area contributed by atoms with Crippen LogP contribution in [-0.4, -0.2) is 5.91 Å². The zero-order chi connectivity index (χ0) is 25.7. The number of nitrogens with one attached hydrogen (secondary N) is 1. The molecule has 0 saturated heterocycles. The van der Waals surface area contributed by atoms with E-state index in [1.807, 2.05) is 18.2 Å². The number of carbonyl (C=O) groups excluding carboxylic acids is 1. The van der Waals surface area contributed by atoms with Gasteiger partial charge in [-0.1, -0.05) is 145 Å². The largest absolute Gasteiger partial charge is 0.348 e. The predicted octanol–water partition coefficient (Wildman–Crippen LogP) is 8.31. The Morgan fingerprint density at radius 1 is 0.541 bits per heavy atom. The van der Waals surface area contributed by atoms with Gasteiger partial charge in [0.15, 0.2) is 0 Å². The van der Waals surface area contributed by atoms with E-state index in [-0.39, 0.29) is 5.91 Å². The Balaban J connectivity index is 1.54. The van der Waals surface area contributed by atoms with Crippen LogP contribution in [0.1, 0.15) is 38.2 Å². The highest BCUT2D eigenvalue weighted by Crippen LogP contribution is 2.45. The molecule has 2 nitrogen and oxygen atoms in total. The van der Waals surface area contributed by atoms with Crippen molar-refractivity contribution < 1.29 is 4.79 Å². The summed E-state index contributed by atoms with van der Waals surface area (Å²) >= 11 is 12.4. The molecule has 0 aliphatic carbocycles. The van der Waals surface area contributed by atoms with Gasteiger partial charge in [0.2, 0.25) is 0 Å². The maximum atomic E-state index is 12.8. The van der Waals surface area contributed by atoms with Gasteiger partial charge < -0.3 is 5.32 Å². The van der Waals surface area contributed by atoms with E-state index in [4.69, 9.17) is 23.2 Å². The summed E-state index contributed by atoms with van der Waals surface area (Å²) in [6.45, 7) is 0.357. The molecule has 0 aromatic heterocycles. The summed E-state index contributed by atoms with van der Waals surface area (Å²) in [5.74, 6) is -0.299. The molecule has 0 heterocycles. The highest BCUT2D eigenvalue weighted by Gasteiger charge is 2.38. The smallest absolute Gasteiger partial charge is 0.254 e. The monoisotopic (exact) mass is 521 g/mol. The standard InChI is InChI=1S/C33H25Cl2NO/c34-29-17-10-18-30(35)31(29)32(37)36-23-24-19-21-28(22-20-24)33(25-11-4-1-5-12-25,26-13-6-2-7-14-26)27-15-8-3-9-16-27/h1-22H,23H2,(H,36,37). The van der Waals surface area contributed by atoms with Crippen LogP contribution in [0.4, 0.5) is 0 Å². The van der Waals surface area contributed by atoms with E-state index >= 15 is 0 Å². The number of hydrogen-bond acceptors (Lipinski definition) is 1. The van der Waals surface area contributed by atoms with E-state index in [1.54, 1.807) is 18.2 Å². The average molecular weight is 522 g/mol. The third kappa shape index (κ3) is 4.91. The number of halogens is 2. The normalized spacial score (nSPS) is 11.2. The Morgan fingerprint density at radius 3 is 1.38 bits per heavy atom. The molecule has 0 bridgehead atoms. The SMILES string of the molecule is O=C(NCc1ccc(C(c2ccccc2)(c2ccccc2)c2ccccc2)cc1)c1c(Cl)cccc1Cl. The molecule has 0 spiro atoms. The van der Waals surface area contributed by atoms with Crippen LogP contribution in [0.15, 0.2) is 133 Å². The maximum absolute atomic E-state index is 12.8. The average Bonchev–Trinajstić information content (AvgIpc) is 2.95. The highest BCUT2D eigenvalue weighted by molar-refractivity contribution is 6.39. The quantitative estimate of drug-likeness (QED) is 0.214. The third-order valence-corrected chi connectivity index (χ3v) is 7.28. The fraction of sp³-hybridized carbons (Fsp3) is 0.0606. The lowest BCUT2D eigenvalue weighted by molar-refractivity contribution is 0.0951. The van der Waals surface area contributed by atoms with Crippen molar-refractivity contribution in [2.45, 2.75) is 12.0 Å². The zero-order valence-electron chi connectivity index (χ0n) is 20.1. The summed E-state index contributed by atoms with van der Waals surface area (Å²) in [6, 6.07) is 45.2. The van der Waals surface area contributed by atoms with Gasteiger partial charge in [-0.25, -0.2) is 0 Å². The molecule has 5 rings (SSSR count). The Hall–Kier alpha value is -3.85. The predicted molar refractivity (Wildman–Crippen MR) is 152 cm³/mol. The van der Waals surface area contributed by atoms with Crippen molar-refractivity contribution in [2.75, 3.05) is 0 Å². The van der Waals surface area contributed by atoms with Gasteiger partial charge in [-0.2, -0.15) is 0 Å². The molecular weight excluding hydrogens is 497 g/mol. The van der Waals surface area contributed by atoms with Gasteiger partial charge in [0.05, 0.1) is 21.0 Å². The van der Waals surface area contributed by atoms with Gasteiger partial charge in [0.1, 0.15) is 0 Å². The maximum Gasteiger partial charge on any atom is 0.254 e. The van der Waals surface area contributed by atoms with E-state index in [1.165, 1.54) is 16.7 Å². The molecule has 5 aromatic carbocycles. The lowest BCUT2D eigenvalue weighted by atomic mass is 9.65. The number of rotatable bonds is 7. The van der Waals surface area contributed by atoms with Crippen LogP contribution in [0, 0.1) is 0 Å². The summed E-state index contributed by atoms with van der Waals surface area (Å²) in [6.07, 6.45) is 0. The number of carbonyl (C=O) groups is 1. The Labute approximate surface area is 227 Å². The van der Waals surface area contributed by atoms with Crippen molar-refractivity contribution in [3.8, 4) is 0 Å². The zero-order valence-corrected chi connectivity index (χ0v) is 21.6. The van der Waals surface area contributed by atoms with E-state index in [2.05, 4.69) is 102 Å². The molecular formula is C33H25Cl2NO. The molecule has 37 heavy (non-hydrogen) atoms. The molecule has 5 aromatic rings. The van der Waals surface area contributed by atoms with Crippen molar-refractivity contribution >= 4 is 29.1 Å². The second-order valence-electron chi connectivity index (χ2n) is 8.82. The van der Waals surface area contributed by atoms with E-state index in [0.717, 1.165) is 11.1 Å². The first kappa shape index (κ1) is 24.8. The van der Waals surface area contributed by atoms with Crippen molar-refractivity contribution in [2.24, 2.45) is 0 Å². The van der Waals surface area contributed by atoms with Crippen LogP contribution in [0.5, 0.6) is 0 Å². The van der Waals surface area contributed by atoms with Crippen LogP contribution in [0.25, 0.3) is 0 Å². The second-order valence-corrected chi connectivity index (χ2v) is 9.64. The Morgan fingerprint density at radius 2 is 0.946 bits per heavy atom. The van der Waals surface area contributed by atoms with Gasteiger partial charge >= 0.3 is 0 Å². The molecule has 1 N–H and O–H groups in total. The molecule has 0 aliphatic heterocycles. The number of hydrogen-bond donors (Lipinski definition) is 1. The molecule has 0 radical (unpaired) electrons. The summed E-state index contributed by atoms with van der Waals surface area (Å²) < 4.78 is 0. The van der Waals surface area contributed by atoms with Gasteiger partial charge in [-0.05, 0) is 39.9 Å². The molecule has 0 saturated carbocycles. The van der Waals surface area contributed by atoms with Gasteiger partial charge in [0, 0.05) is 6.54 Å². The van der Waals surface area contributed by atoms with Gasteiger partial charge in [-0.15, -0.1) is 0 Å². The number of amides is 1. The van der Waals surface area contributed by atoms with Crippen molar-refractivity contribution in [1.82, 2.24) is 5.32 Å². The minimum absolute atomic E-state index is 0.290. The summed E-state index contributed by atoms with van der Waals surface area (Å²) in [7, 11) is 0. The van der Waals surface area contributed by atoms with Crippen molar-refractivity contribution in [1.29, 1.82) is 0 Å². The molecule has 182 valence electrons. The number of benzene rings is 5. The minimum Gasteiger partial charge on any atom is -0.348 e. The second kappa shape index (κ2) is 11.0. The van der Waals surface area contributed by atoms with Gasteiger partial charge in [0.25, 0.3) is 5.91 Å². The fourth-order valence-electron chi connectivity index (χ4n) is 4.92. The van der Waals surface area contributed by atoms with Gasteiger partial charge in [-0.3, -0.25) is 4.79 Å². The van der Waals surface area contributed by atoms with Crippen molar-refractivity contribution in [3.05, 3.63) is 177 Å². The molecule has 4 heteroatoms. The van der Waals surface area contributed by atoms with E-state index in [9.17, 15) is 4.79 Å². The third-order valence-electron chi connectivity index (χ3n) is 6.65. The molecule has 0 unspecified atom stereocenters. The molecule has 1 amide bonds. The van der Waals surface area contributed by atoms with Crippen LogP contribution < -0.4 is 5.32 Å². The van der Waals surface area contributed by atoms with Crippen LogP contribution >= 0.6 is 23.2 Å². The molecule has 0 aliphatic rings. The topological polar surface area (TPSA) is 29.1 Å². The first-order valence-electron chi connectivity index (χ1n) is 12.1. The summed E-state index contributed by atoms with van der Waals surface area (Å²) in [4.78, 5) is 12.8. The molecule has 0 atom stereocenters. The summed E-state index contributed by atoms with van der Waals surface area (Å²) in [5, 5.41) is 3.61. The first-order valence-corrected chi connectivity index (χ1v) is 12.8.